The summed E-state index contributed by atoms with van der Waals surface area (Å²) in [4.78, 5) is 15.7. The van der Waals surface area contributed by atoms with Gasteiger partial charge in [0.15, 0.2) is 0 Å². The van der Waals surface area contributed by atoms with Crippen molar-refractivity contribution in [2.45, 2.75) is 46.6 Å². The van der Waals surface area contributed by atoms with E-state index in [0.29, 0.717) is 18.0 Å². The average Bonchev–Trinajstić information content (AvgIpc) is 2.41. The molecular formula is C15H26N2O4. The number of nitrogens with one attached hydrogen (secondary N) is 1. The fourth-order valence-electron chi connectivity index (χ4n) is 1.44. The maximum atomic E-state index is 11.7. The molecule has 1 heterocycles. The molecular weight excluding hydrogens is 272 g/mol. The van der Waals surface area contributed by atoms with Gasteiger partial charge in [0, 0.05) is 12.7 Å². The molecule has 120 valence electrons. The Balaban J connectivity index is 0.00000191. The molecule has 0 fully saturated rings. The minimum absolute atomic E-state index is 0.0316. The van der Waals surface area contributed by atoms with Crippen molar-refractivity contribution in [2.24, 2.45) is 0 Å². The second-order valence-corrected chi connectivity index (χ2v) is 4.98. The van der Waals surface area contributed by atoms with Crippen LogP contribution in [-0.4, -0.2) is 35.5 Å². The standard InChI is InChI=1S/C13H20N2O4.C2H6/c1-13(2,3)19-12(17)15-10-8-14-11(18-4)7-9(10)5-6-16;1-2/h7-8,16H,5-6H2,1-4H3,(H,15,17);1-2H3. The van der Waals surface area contributed by atoms with E-state index in [4.69, 9.17) is 14.6 Å². The van der Waals surface area contributed by atoms with Crippen molar-refractivity contribution in [3.05, 3.63) is 17.8 Å². The normalized spacial score (nSPS) is 10.2. The van der Waals surface area contributed by atoms with Crippen molar-refractivity contribution in [3.8, 4) is 5.88 Å². The predicted octanol–water partition coefficient (Wildman–Crippen LogP) is 3.00. The van der Waals surface area contributed by atoms with Crippen LogP contribution in [0.3, 0.4) is 0 Å². The van der Waals surface area contributed by atoms with Crippen molar-refractivity contribution in [1.29, 1.82) is 0 Å². The average molecular weight is 298 g/mol. The van der Waals surface area contributed by atoms with E-state index in [9.17, 15) is 4.79 Å². The lowest BCUT2D eigenvalue weighted by Crippen LogP contribution is -2.27. The molecule has 0 radical (unpaired) electrons. The van der Waals surface area contributed by atoms with Gasteiger partial charge in [-0.15, -0.1) is 0 Å². The summed E-state index contributed by atoms with van der Waals surface area (Å²) in [6, 6.07) is 1.67. The van der Waals surface area contributed by atoms with Gasteiger partial charge in [-0.1, -0.05) is 13.8 Å². The number of aromatic nitrogens is 1. The van der Waals surface area contributed by atoms with E-state index in [1.54, 1.807) is 26.8 Å². The lowest BCUT2D eigenvalue weighted by Gasteiger charge is -2.20. The molecule has 1 rings (SSSR count). The molecule has 2 N–H and O–H groups in total. The molecule has 0 aromatic carbocycles. The molecule has 0 unspecified atom stereocenters. The number of aliphatic hydroxyl groups is 1. The third-order valence-corrected chi connectivity index (χ3v) is 2.19. The molecule has 0 spiro atoms. The zero-order valence-electron chi connectivity index (χ0n) is 13.7. The van der Waals surface area contributed by atoms with Crippen LogP contribution in [0.1, 0.15) is 40.2 Å². The Bertz CT molecular complexity index is 442. The number of hydrogen-bond donors (Lipinski definition) is 2. The van der Waals surface area contributed by atoms with Gasteiger partial charge in [-0.25, -0.2) is 9.78 Å². The summed E-state index contributed by atoms with van der Waals surface area (Å²) < 4.78 is 10.2. The maximum absolute atomic E-state index is 11.7. The van der Waals surface area contributed by atoms with Crippen LogP contribution in [0.5, 0.6) is 5.88 Å². The predicted molar refractivity (Wildman–Crippen MR) is 82.8 cm³/mol. The Morgan fingerprint density at radius 3 is 2.48 bits per heavy atom. The number of methoxy groups -OCH3 is 1. The first-order valence-corrected chi connectivity index (χ1v) is 6.99. The molecule has 0 saturated carbocycles. The van der Waals surface area contributed by atoms with Crippen molar-refractivity contribution in [2.75, 3.05) is 19.0 Å². The number of aliphatic hydroxyl groups excluding tert-OH is 1. The monoisotopic (exact) mass is 298 g/mol. The number of amides is 1. The zero-order valence-corrected chi connectivity index (χ0v) is 13.7. The Morgan fingerprint density at radius 1 is 1.38 bits per heavy atom. The number of hydrogen-bond acceptors (Lipinski definition) is 5. The molecule has 6 heteroatoms. The van der Waals surface area contributed by atoms with Gasteiger partial charge in [-0.3, -0.25) is 5.32 Å². The van der Waals surface area contributed by atoms with Crippen molar-refractivity contribution < 1.29 is 19.4 Å². The second-order valence-electron chi connectivity index (χ2n) is 4.98. The molecule has 0 aliphatic carbocycles. The highest BCUT2D eigenvalue weighted by Gasteiger charge is 2.17. The number of nitrogens with zero attached hydrogens (tertiary/aromatic N) is 1. The number of rotatable bonds is 4. The van der Waals surface area contributed by atoms with Gasteiger partial charge in [-0.05, 0) is 32.8 Å². The van der Waals surface area contributed by atoms with E-state index in [1.807, 2.05) is 13.8 Å². The number of carbonyl (C=O) groups excluding carboxylic acids is 1. The maximum Gasteiger partial charge on any atom is 0.412 e. The molecule has 1 aromatic heterocycles. The molecule has 21 heavy (non-hydrogen) atoms. The topological polar surface area (TPSA) is 80.7 Å². The van der Waals surface area contributed by atoms with E-state index in [-0.39, 0.29) is 6.61 Å². The van der Waals surface area contributed by atoms with Crippen LogP contribution in [0.25, 0.3) is 0 Å². The lowest BCUT2D eigenvalue weighted by atomic mass is 10.1. The summed E-state index contributed by atoms with van der Waals surface area (Å²) in [7, 11) is 1.51. The first kappa shape index (κ1) is 19.2. The minimum Gasteiger partial charge on any atom is -0.481 e. The van der Waals surface area contributed by atoms with Crippen LogP contribution in [0.4, 0.5) is 10.5 Å². The second kappa shape index (κ2) is 9.18. The zero-order chi connectivity index (χ0) is 16.5. The Morgan fingerprint density at radius 2 is 2.00 bits per heavy atom. The molecule has 0 aliphatic rings. The SMILES string of the molecule is CC.COc1cc(CCO)c(NC(=O)OC(C)(C)C)cn1. The largest absolute Gasteiger partial charge is 0.481 e. The lowest BCUT2D eigenvalue weighted by molar-refractivity contribution is 0.0635. The van der Waals surface area contributed by atoms with Gasteiger partial charge in [0.1, 0.15) is 5.60 Å². The van der Waals surface area contributed by atoms with Gasteiger partial charge in [0.05, 0.1) is 19.0 Å². The highest BCUT2D eigenvalue weighted by molar-refractivity contribution is 5.85. The van der Waals surface area contributed by atoms with Gasteiger partial charge >= 0.3 is 6.09 Å². The third-order valence-electron chi connectivity index (χ3n) is 2.19. The number of carbonyl (C=O) groups is 1. The summed E-state index contributed by atoms with van der Waals surface area (Å²) >= 11 is 0. The number of ether oxygens (including phenoxy) is 2. The van der Waals surface area contributed by atoms with Crippen LogP contribution >= 0.6 is 0 Å². The van der Waals surface area contributed by atoms with Crippen LogP contribution in [0.15, 0.2) is 12.3 Å². The van der Waals surface area contributed by atoms with Gasteiger partial charge in [-0.2, -0.15) is 0 Å². The highest BCUT2D eigenvalue weighted by Crippen LogP contribution is 2.20. The van der Waals surface area contributed by atoms with Crippen LogP contribution in [0.2, 0.25) is 0 Å². The third kappa shape index (κ3) is 7.51. The van der Waals surface area contributed by atoms with Gasteiger partial charge < -0.3 is 14.6 Å². The quantitative estimate of drug-likeness (QED) is 0.893. The summed E-state index contributed by atoms with van der Waals surface area (Å²) in [6.07, 6.45) is 1.32. The fourth-order valence-corrected chi connectivity index (χ4v) is 1.44. The van der Waals surface area contributed by atoms with Crippen LogP contribution in [-0.2, 0) is 11.2 Å². The smallest absolute Gasteiger partial charge is 0.412 e. The minimum atomic E-state index is -0.568. The first-order valence-electron chi connectivity index (χ1n) is 6.99. The van der Waals surface area contributed by atoms with E-state index in [1.165, 1.54) is 13.3 Å². The van der Waals surface area contributed by atoms with E-state index in [2.05, 4.69) is 10.3 Å². The fraction of sp³-hybridized carbons (Fsp3) is 0.600. The summed E-state index contributed by atoms with van der Waals surface area (Å²) in [6.45, 7) is 9.32. The van der Waals surface area contributed by atoms with Crippen LogP contribution < -0.4 is 10.1 Å². The number of pyridine rings is 1. The first-order chi connectivity index (χ1) is 9.85. The molecule has 1 aromatic rings. The van der Waals surface area contributed by atoms with Crippen molar-refractivity contribution in [1.82, 2.24) is 4.98 Å². The summed E-state index contributed by atoms with van der Waals surface area (Å²) in [5, 5.41) is 11.6. The number of anilines is 1. The van der Waals surface area contributed by atoms with Crippen molar-refractivity contribution >= 4 is 11.8 Å². The molecule has 0 bridgehead atoms. The van der Waals surface area contributed by atoms with E-state index in [0.717, 1.165) is 5.56 Å². The van der Waals surface area contributed by atoms with Gasteiger partial charge in [0.25, 0.3) is 0 Å². The Kier molecular flexibility index (Phi) is 8.38. The van der Waals surface area contributed by atoms with Crippen molar-refractivity contribution in [3.63, 3.8) is 0 Å². The highest BCUT2D eigenvalue weighted by atomic mass is 16.6. The van der Waals surface area contributed by atoms with E-state index < -0.39 is 11.7 Å². The van der Waals surface area contributed by atoms with Gasteiger partial charge in [0.2, 0.25) is 5.88 Å². The summed E-state index contributed by atoms with van der Waals surface area (Å²) in [5.74, 6) is 0.429. The molecule has 0 aliphatic heterocycles. The van der Waals surface area contributed by atoms with E-state index >= 15 is 0 Å². The summed E-state index contributed by atoms with van der Waals surface area (Å²) in [5.41, 5.74) is 0.672. The Labute approximate surface area is 126 Å². The molecule has 1 amide bonds. The molecule has 0 atom stereocenters. The molecule has 6 nitrogen and oxygen atoms in total. The van der Waals surface area contributed by atoms with Crippen LogP contribution in [0, 0.1) is 0 Å². The molecule has 0 saturated heterocycles. The Hall–Kier alpha value is -1.82.